The summed E-state index contributed by atoms with van der Waals surface area (Å²) < 4.78 is 27.5. The number of imidazole rings is 1. The molecule has 5 rings (SSSR count). The average molecular weight is 539 g/mol. The van der Waals surface area contributed by atoms with E-state index in [0.717, 1.165) is 43.5 Å². The van der Waals surface area contributed by atoms with Gasteiger partial charge in [-0.15, -0.1) is 0 Å². The molecule has 2 aromatic carbocycles. The number of sulfonamides is 1. The minimum Gasteiger partial charge on any atom is -0.368 e. The summed E-state index contributed by atoms with van der Waals surface area (Å²) in [4.78, 5) is 14.1. The Morgan fingerprint density at radius 1 is 0.973 bits per heavy atom. The fourth-order valence-corrected chi connectivity index (χ4v) is 5.69. The van der Waals surface area contributed by atoms with Gasteiger partial charge in [0.1, 0.15) is 12.2 Å². The monoisotopic (exact) mass is 538 g/mol. The number of anilines is 1. The Labute approximate surface area is 222 Å². The van der Waals surface area contributed by atoms with E-state index in [1.165, 1.54) is 11.8 Å². The zero-order valence-corrected chi connectivity index (χ0v) is 22.6. The van der Waals surface area contributed by atoms with Gasteiger partial charge in [0, 0.05) is 24.3 Å². The van der Waals surface area contributed by atoms with Crippen molar-refractivity contribution in [3.63, 3.8) is 0 Å². The van der Waals surface area contributed by atoms with E-state index in [-0.39, 0.29) is 0 Å². The molecule has 0 radical (unpaired) electrons. The molecule has 1 aliphatic rings. The maximum absolute atomic E-state index is 11.4. The lowest BCUT2D eigenvalue weighted by Gasteiger charge is -2.28. The number of benzene rings is 2. The van der Waals surface area contributed by atoms with Crippen LogP contribution in [0.1, 0.15) is 31.2 Å². The lowest BCUT2D eigenvalue weighted by atomic mass is 9.82. The normalized spacial score (nSPS) is 18.2. The Bertz CT molecular complexity index is 1500. The highest BCUT2D eigenvalue weighted by Crippen LogP contribution is 2.34. The van der Waals surface area contributed by atoms with Crippen LogP contribution in [0.3, 0.4) is 0 Å². The molecule has 0 atom stereocenters. The molecule has 0 bridgehead atoms. The molecule has 1 fully saturated rings. The molecule has 37 heavy (non-hydrogen) atoms. The fourth-order valence-electron chi connectivity index (χ4n) is 4.93. The fraction of sp³-hybridized carbons (Fsp3) is 0.370. The molecule has 194 valence electrons. The molecule has 0 saturated heterocycles. The van der Waals surface area contributed by atoms with Crippen LogP contribution < -0.4 is 10.0 Å². The Balaban J connectivity index is 1.40. The standard InChI is InChI=1S/C27H31ClN6O2S/c1-18-7-13-21(14-8-18)34-26(22-5-3-4-6-23(22)28)33-24-25(30-17-31-27(24)34)29-15-19-9-11-20(12-10-19)16-32-37(2,35)36/h3-8,13-14,17,19-20,32H,9-12,15-16H2,1-2H3,(H,29,30,31). The first-order chi connectivity index (χ1) is 17.8. The number of hydrogen-bond acceptors (Lipinski definition) is 6. The van der Waals surface area contributed by atoms with Gasteiger partial charge < -0.3 is 5.32 Å². The Kier molecular flexibility index (Phi) is 7.46. The second-order valence-corrected chi connectivity index (χ2v) is 12.1. The van der Waals surface area contributed by atoms with Crippen LogP contribution in [-0.4, -0.2) is 47.3 Å². The predicted octanol–water partition coefficient (Wildman–Crippen LogP) is 5.21. The van der Waals surface area contributed by atoms with Gasteiger partial charge in [-0.05, 0) is 68.7 Å². The minimum absolute atomic E-state index is 0.389. The van der Waals surface area contributed by atoms with Gasteiger partial charge in [0.05, 0.1) is 11.3 Å². The van der Waals surface area contributed by atoms with Crippen molar-refractivity contribution in [2.75, 3.05) is 24.7 Å². The van der Waals surface area contributed by atoms with E-state index in [1.807, 2.05) is 28.8 Å². The van der Waals surface area contributed by atoms with Gasteiger partial charge in [-0.3, -0.25) is 4.57 Å². The van der Waals surface area contributed by atoms with E-state index in [4.69, 9.17) is 16.6 Å². The van der Waals surface area contributed by atoms with Crippen LogP contribution in [0, 0.1) is 18.8 Å². The summed E-state index contributed by atoms with van der Waals surface area (Å²) >= 11 is 6.59. The number of halogens is 1. The van der Waals surface area contributed by atoms with Gasteiger partial charge in [-0.1, -0.05) is 41.4 Å². The Hall–Kier alpha value is -3.01. The quantitative estimate of drug-likeness (QED) is 0.319. The van der Waals surface area contributed by atoms with E-state index in [1.54, 1.807) is 6.33 Å². The van der Waals surface area contributed by atoms with E-state index in [2.05, 4.69) is 51.2 Å². The van der Waals surface area contributed by atoms with Crippen LogP contribution in [0.2, 0.25) is 5.02 Å². The van der Waals surface area contributed by atoms with Gasteiger partial charge in [-0.25, -0.2) is 28.1 Å². The number of aryl methyl sites for hydroxylation is 1. The van der Waals surface area contributed by atoms with Crippen molar-refractivity contribution in [1.82, 2.24) is 24.2 Å². The zero-order valence-electron chi connectivity index (χ0n) is 21.0. The second kappa shape index (κ2) is 10.8. The first kappa shape index (κ1) is 25.6. The smallest absolute Gasteiger partial charge is 0.208 e. The number of rotatable bonds is 8. The number of hydrogen-bond donors (Lipinski definition) is 2. The topological polar surface area (TPSA) is 102 Å². The molecule has 2 N–H and O–H groups in total. The van der Waals surface area contributed by atoms with Crippen LogP contribution in [-0.2, 0) is 10.0 Å². The van der Waals surface area contributed by atoms with E-state index in [9.17, 15) is 8.42 Å². The van der Waals surface area contributed by atoms with Crippen LogP contribution in [0.5, 0.6) is 0 Å². The first-order valence-corrected chi connectivity index (χ1v) is 14.8. The maximum atomic E-state index is 11.4. The molecule has 1 saturated carbocycles. The largest absolute Gasteiger partial charge is 0.368 e. The Morgan fingerprint density at radius 2 is 1.65 bits per heavy atom. The highest BCUT2D eigenvalue weighted by molar-refractivity contribution is 7.88. The van der Waals surface area contributed by atoms with Crippen molar-refractivity contribution in [1.29, 1.82) is 0 Å². The highest BCUT2D eigenvalue weighted by Gasteiger charge is 2.24. The molecule has 4 aromatic rings. The van der Waals surface area contributed by atoms with Crippen molar-refractivity contribution in [3.05, 3.63) is 65.4 Å². The third kappa shape index (κ3) is 5.95. The summed E-state index contributed by atoms with van der Waals surface area (Å²) in [6, 6.07) is 15.9. The van der Waals surface area contributed by atoms with E-state index in [0.29, 0.717) is 46.2 Å². The second-order valence-electron chi connectivity index (χ2n) is 9.87. The summed E-state index contributed by atoms with van der Waals surface area (Å²) in [6.45, 7) is 3.36. The molecule has 0 spiro atoms. The Morgan fingerprint density at radius 3 is 2.32 bits per heavy atom. The van der Waals surface area contributed by atoms with Gasteiger partial charge in [0.25, 0.3) is 0 Å². The van der Waals surface area contributed by atoms with Gasteiger partial charge in [0.2, 0.25) is 10.0 Å². The van der Waals surface area contributed by atoms with Gasteiger partial charge in [-0.2, -0.15) is 0 Å². The summed E-state index contributed by atoms with van der Waals surface area (Å²) in [5.41, 5.74) is 4.37. The predicted molar refractivity (Wildman–Crippen MR) is 149 cm³/mol. The summed E-state index contributed by atoms with van der Waals surface area (Å²) in [5, 5.41) is 4.15. The summed E-state index contributed by atoms with van der Waals surface area (Å²) in [6.07, 6.45) is 6.88. The maximum Gasteiger partial charge on any atom is 0.208 e. The van der Waals surface area contributed by atoms with Gasteiger partial charge >= 0.3 is 0 Å². The number of nitrogens with one attached hydrogen (secondary N) is 2. The van der Waals surface area contributed by atoms with Crippen molar-refractivity contribution in [2.45, 2.75) is 32.6 Å². The highest BCUT2D eigenvalue weighted by atomic mass is 35.5. The third-order valence-corrected chi connectivity index (χ3v) is 8.03. The van der Waals surface area contributed by atoms with Crippen molar-refractivity contribution < 1.29 is 8.42 Å². The lowest BCUT2D eigenvalue weighted by molar-refractivity contribution is 0.284. The third-order valence-electron chi connectivity index (χ3n) is 7.01. The van der Waals surface area contributed by atoms with E-state index >= 15 is 0 Å². The minimum atomic E-state index is -3.14. The zero-order chi connectivity index (χ0) is 26.0. The molecule has 10 heteroatoms. The molecule has 1 aliphatic carbocycles. The van der Waals surface area contributed by atoms with Crippen molar-refractivity contribution >= 4 is 38.6 Å². The summed E-state index contributed by atoms with van der Waals surface area (Å²) in [7, 11) is -3.14. The van der Waals surface area contributed by atoms with Crippen molar-refractivity contribution in [3.8, 4) is 17.1 Å². The van der Waals surface area contributed by atoms with Crippen LogP contribution >= 0.6 is 11.6 Å². The molecule has 0 unspecified atom stereocenters. The molecular weight excluding hydrogens is 508 g/mol. The molecule has 2 heterocycles. The molecule has 0 amide bonds. The SMILES string of the molecule is Cc1ccc(-n2c(-c3ccccc3Cl)nc3c(NCC4CCC(CNS(C)(=O)=O)CC4)ncnc32)cc1. The molecule has 2 aromatic heterocycles. The lowest BCUT2D eigenvalue weighted by Crippen LogP contribution is -2.31. The average Bonchev–Trinajstić information content (AvgIpc) is 3.27. The van der Waals surface area contributed by atoms with Crippen molar-refractivity contribution in [2.24, 2.45) is 11.8 Å². The van der Waals surface area contributed by atoms with E-state index < -0.39 is 10.0 Å². The van der Waals surface area contributed by atoms with Crippen LogP contribution in [0.15, 0.2) is 54.9 Å². The number of fused-ring (bicyclic) bond motifs is 1. The number of aromatic nitrogens is 4. The van der Waals surface area contributed by atoms with Gasteiger partial charge in [0.15, 0.2) is 17.0 Å². The number of nitrogens with zero attached hydrogens (tertiary/aromatic N) is 4. The first-order valence-electron chi connectivity index (χ1n) is 12.5. The molecular formula is C27H31ClN6O2S. The molecule has 8 nitrogen and oxygen atoms in total. The van der Waals surface area contributed by atoms with Crippen LogP contribution in [0.4, 0.5) is 5.82 Å². The van der Waals surface area contributed by atoms with Crippen LogP contribution in [0.25, 0.3) is 28.2 Å². The molecule has 0 aliphatic heterocycles. The summed E-state index contributed by atoms with van der Waals surface area (Å²) in [5.74, 6) is 2.29.